The standard InChI is InChI=1S/C20H25BrO3/c1-19-8-6-15-14-5-3-13(22)10-12(14)2-4-16(15)17(19)7-9-20(19,24)18(23)11-21/h10,16-17,24H,2-9,11H2,1H3/t16?,17?,19-,20-/m0/s1. The Balaban J connectivity index is 1.72. The van der Waals surface area contributed by atoms with Gasteiger partial charge in [0, 0.05) is 11.8 Å². The number of aliphatic hydroxyl groups is 1. The third-order valence-corrected chi connectivity index (χ3v) is 7.98. The summed E-state index contributed by atoms with van der Waals surface area (Å²) in [5.74, 6) is 1.09. The second kappa shape index (κ2) is 5.63. The average molecular weight is 393 g/mol. The zero-order valence-corrected chi connectivity index (χ0v) is 15.8. The summed E-state index contributed by atoms with van der Waals surface area (Å²) in [5, 5.41) is 11.5. The number of allylic oxidation sites excluding steroid dienone is 4. The molecule has 24 heavy (non-hydrogen) atoms. The third kappa shape index (κ3) is 2.11. The molecule has 130 valence electrons. The second-order valence-electron chi connectivity index (χ2n) is 8.26. The van der Waals surface area contributed by atoms with Gasteiger partial charge < -0.3 is 5.11 Å². The molecule has 0 bridgehead atoms. The Hall–Kier alpha value is -0.740. The van der Waals surface area contributed by atoms with Crippen molar-refractivity contribution in [1.82, 2.24) is 0 Å². The minimum Gasteiger partial charge on any atom is -0.381 e. The van der Waals surface area contributed by atoms with Gasteiger partial charge in [-0.05, 0) is 74.0 Å². The quantitative estimate of drug-likeness (QED) is 0.725. The first-order valence-corrected chi connectivity index (χ1v) is 10.3. The molecule has 0 aromatic carbocycles. The number of hydrogen-bond donors (Lipinski definition) is 1. The highest BCUT2D eigenvalue weighted by atomic mass is 79.9. The molecule has 0 aliphatic heterocycles. The molecular formula is C20H25BrO3. The molecule has 4 heteroatoms. The van der Waals surface area contributed by atoms with E-state index in [2.05, 4.69) is 22.9 Å². The molecular weight excluding hydrogens is 368 g/mol. The van der Waals surface area contributed by atoms with Crippen LogP contribution in [-0.2, 0) is 9.59 Å². The van der Waals surface area contributed by atoms with E-state index in [1.54, 1.807) is 0 Å². The van der Waals surface area contributed by atoms with Crippen molar-refractivity contribution in [2.24, 2.45) is 17.3 Å². The molecule has 4 rings (SSSR count). The third-order valence-electron chi connectivity index (χ3n) is 7.47. The van der Waals surface area contributed by atoms with Gasteiger partial charge in [-0.15, -0.1) is 0 Å². The number of rotatable bonds is 2. The molecule has 4 atom stereocenters. The Morgan fingerprint density at radius 2 is 2.04 bits per heavy atom. The Morgan fingerprint density at radius 3 is 2.79 bits per heavy atom. The summed E-state index contributed by atoms with van der Waals surface area (Å²) in [5.41, 5.74) is 2.77. The predicted molar refractivity (Wildman–Crippen MR) is 95.9 cm³/mol. The van der Waals surface area contributed by atoms with E-state index in [1.165, 1.54) is 16.7 Å². The van der Waals surface area contributed by atoms with Crippen molar-refractivity contribution in [2.75, 3.05) is 5.33 Å². The van der Waals surface area contributed by atoms with Crippen molar-refractivity contribution in [1.29, 1.82) is 0 Å². The first kappa shape index (κ1) is 16.7. The van der Waals surface area contributed by atoms with Gasteiger partial charge in [0.15, 0.2) is 11.6 Å². The van der Waals surface area contributed by atoms with Crippen LogP contribution in [0.2, 0.25) is 0 Å². The summed E-state index contributed by atoms with van der Waals surface area (Å²) in [7, 11) is 0. The van der Waals surface area contributed by atoms with E-state index in [9.17, 15) is 14.7 Å². The van der Waals surface area contributed by atoms with Crippen LogP contribution in [0.5, 0.6) is 0 Å². The van der Waals surface area contributed by atoms with E-state index >= 15 is 0 Å². The van der Waals surface area contributed by atoms with Crippen LogP contribution in [0.4, 0.5) is 0 Å². The van der Waals surface area contributed by atoms with Gasteiger partial charge in [-0.1, -0.05) is 28.4 Å². The molecule has 0 radical (unpaired) electrons. The van der Waals surface area contributed by atoms with Crippen molar-refractivity contribution in [3.8, 4) is 0 Å². The van der Waals surface area contributed by atoms with E-state index in [1.807, 2.05) is 6.08 Å². The zero-order valence-electron chi connectivity index (χ0n) is 14.2. The van der Waals surface area contributed by atoms with Gasteiger partial charge >= 0.3 is 0 Å². The summed E-state index contributed by atoms with van der Waals surface area (Å²) in [4.78, 5) is 24.2. The van der Waals surface area contributed by atoms with Gasteiger partial charge in [0.05, 0.1) is 5.33 Å². The molecule has 2 fully saturated rings. The summed E-state index contributed by atoms with van der Waals surface area (Å²) in [6.07, 6.45) is 8.83. The average Bonchev–Trinajstić information content (AvgIpc) is 2.86. The summed E-state index contributed by atoms with van der Waals surface area (Å²) in [6, 6.07) is 0. The highest BCUT2D eigenvalue weighted by Crippen LogP contribution is 2.63. The lowest BCUT2D eigenvalue weighted by atomic mass is 9.54. The molecule has 0 aromatic heterocycles. The van der Waals surface area contributed by atoms with Gasteiger partial charge in [-0.2, -0.15) is 0 Å². The Kier molecular flexibility index (Phi) is 3.92. The van der Waals surface area contributed by atoms with Crippen LogP contribution in [0.3, 0.4) is 0 Å². The summed E-state index contributed by atoms with van der Waals surface area (Å²) >= 11 is 3.26. The molecule has 2 saturated carbocycles. The van der Waals surface area contributed by atoms with E-state index in [4.69, 9.17) is 0 Å². The van der Waals surface area contributed by atoms with Crippen molar-refractivity contribution in [2.45, 2.75) is 63.9 Å². The minimum absolute atomic E-state index is 0.0525. The van der Waals surface area contributed by atoms with Crippen molar-refractivity contribution in [3.63, 3.8) is 0 Å². The Labute approximate surface area is 151 Å². The van der Waals surface area contributed by atoms with Crippen LogP contribution in [0.25, 0.3) is 0 Å². The van der Waals surface area contributed by atoms with E-state index in [-0.39, 0.29) is 22.3 Å². The largest absolute Gasteiger partial charge is 0.381 e. The van der Waals surface area contributed by atoms with Crippen LogP contribution in [0.1, 0.15) is 58.3 Å². The maximum absolute atomic E-state index is 12.5. The zero-order chi connectivity index (χ0) is 17.1. The molecule has 4 aliphatic rings. The minimum atomic E-state index is -1.17. The fraction of sp³-hybridized carbons (Fsp3) is 0.700. The van der Waals surface area contributed by atoms with Crippen molar-refractivity contribution in [3.05, 3.63) is 22.8 Å². The molecule has 4 aliphatic carbocycles. The number of ketones is 2. The first-order chi connectivity index (χ1) is 11.4. The topological polar surface area (TPSA) is 54.4 Å². The molecule has 2 unspecified atom stereocenters. The number of Topliss-reactive ketones (excluding diaryl/α,β-unsaturated/α-hetero) is 1. The first-order valence-electron chi connectivity index (χ1n) is 9.18. The van der Waals surface area contributed by atoms with E-state index in [0.717, 1.165) is 38.5 Å². The highest BCUT2D eigenvalue weighted by molar-refractivity contribution is 9.09. The number of hydrogen-bond acceptors (Lipinski definition) is 3. The fourth-order valence-corrected chi connectivity index (χ4v) is 6.58. The molecule has 0 saturated heterocycles. The normalized spacial score (nSPS) is 41.5. The van der Waals surface area contributed by atoms with E-state index < -0.39 is 5.60 Å². The maximum atomic E-state index is 12.5. The van der Waals surface area contributed by atoms with Crippen LogP contribution in [0, 0.1) is 17.3 Å². The van der Waals surface area contributed by atoms with Crippen LogP contribution >= 0.6 is 15.9 Å². The van der Waals surface area contributed by atoms with E-state index in [0.29, 0.717) is 24.7 Å². The number of carbonyl (C=O) groups excluding carboxylic acids is 2. The predicted octanol–water partition coefficient (Wildman–Crippen LogP) is 3.89. The summed E-state index contributed by atoms with van der Waals surface area (Å²) in [6.45, 7) is 2.14. The van der Waals surface area contributed by atoms with Crippen LogP contribution < -0.4 is 0 Å². The second-order valence-corrected chi connectivity index (χ2v) is 8.83. The Morgan fingerprint density at radius 1 is 1.25 bits per heavy atom. The lowest BCUT2D eigenvalue weighted by Crippen LogP contribution is -2.54. The number of alkyl halides is 1. The number of fused-ring (bicyclic) bond motifs is 4. The van der Waals surface area contributed by atoms with Gasteiger partial charge in [-0.25, -0.2) is 0 Å². The summed E-state index contributed by atoms with van der Waals surface area (Å²) < 4.78 is 0. The molecule has 0 aromatic rings. The van der Waals surface area contributed by atoms with Gasteiger partial charge in [0.2, 0.25) is 0 Å². The Bertz CT molecular complexity index is 676. The number of halogens is 1. The molecule has 0 heterocycles. The molecule has 0 amide bonds. The molecule has 3 nitrogen and oxygen atoms in total. The lowest BCUT2D eigenvalue weighted by Gasteiger charge is -2.51. The van der Waals surface area contributed by atoms with Crippen molar-refractivity contribution < 1.29 is 14.7 Å². The smallest absolute Gasteiger partial charge is 0.175 e. The highest BCUT2D eigenvalue weighted by Gasteiger charge is 2.63. The van der Waals surface area contributed by atoms with Crippen LogP contribution in [-0.4, -0.2) is 27.6 Å². The molecule has 0 spiro atoms. The maximum Gasteiger partial charge on any atom is 0.175 e. The van der Waals surface area contributed by atoms with Gasteiger partial charge in [0.1, 0.15) is 5.60 Å². The SMILES string of the molecule is C[C@]12CCC3=C4CCC(=O)C=C4CCC3C1CC[C@]2(O)C(=O)CBr. The molecule has 1 N–H and O–H groups in total. The van der Waals surface area contributed by atoms with Gasteiger partial charge in [-0.3, -0.25) is 9.59 Å². The number of carbonyl (C=O) groups is 2. The fourth-order valence-electron chi connectivity index (χ4n) is 6.12. The monoisotopic (exact) mass is 392 g/mol. The van der Waals surface area contributed by atoms with Crippen molar-refractivity contribution >= 4 is 27.5 Å². The van der Waals surface area contributed by atoms with Crippen LogP contribution in [0.15, 0.2) is 22.8 Å². The lowest BCUT2D eigenvalue weighted by molar-refractivity contribution is -0.151. The van der Waals surface area contributed by atoms with Gasteiger partial charge in [0.25, 0.3) is 0 Å².